The van der Waals surface area contributed by atoms with Gasteiger partial charge < -0.3 is 14.9 Å². The van der Waals surface area contributed by atoms with E-state index in [0.29, 0.717) is 12.8 Å². The average molecular weight is 296 g/mol. The summed E-state index contributed by atoms with van der Waals surface area (Å²) in [6, 6.07) is -1.47. The van der Waals surface area contributed by atoms with Gasteiger partial charge in [-0.3, -0.25) is 4.79 Å². The maximum Gasteiger partial charge on any atom is 0.406 e. The van der Waals surface area contributed by atoms with Crippen LogP contribution in [0, 0.1) is 0 Å². The first-order valence-electron chi connectivity index (χ1n) is 6.47. The number of urea groups is 1. The number of hydrogen-bond donors (Lipinski definition) is 1. The first kappa shape index (κ1) is 16.6. The fraction of sp³-hybridized carbons (Fsp3) is 0.833. The smallest absolute Gasteiger partial charge is 0.406 e. The van der Waals surface area contributed by atoms with Crippen molar-refractivity contribution in [1.82, 2.24) is 9.80 Å². The molecule has 0 aromatic heterocycles. The number of alkyl halides is 3. The standard InChI is InChI=1S/C12H19F3N2O3/c1-8(2)17(7-12(13,14)15)11(20)16(9-3-4-9)6-5-10(18)19/h8-9H,3-7H2,1-2H3,(H,18,19). The Balaban J connectivity index is 2.76. The van der Waals surface area contributed by atoms with Gasteiger partial charge in [-0.25, -0.2) is 4.79 Å². The van der Waals surface area contributed by atoms with Crippen LogP contribution in [0.15, 0.2) is 0 Å². The second-order valence-electron chi connectivity index (χ2n) is 5.19. The summed E-state index contributed by atoms with van der Waals surface area (Å²) < 4.78 is 37.5. The molecule has 1 saturated carbocycles. The van der Waals surface area contributed by atoms with Gasteiger partial charge in [0.25, 0.3) is 0 Å². The summed E-state index contributed by atoms with van der Waals surface area (Å²) in [6.07, 6.45) is -3.31. The second-order valence-corrected chi connectivity index (χ2v) is 5.19. The number of nitrogens with zero attached hydrogens (tertiary/aromatic N) is 2. The average Bonchev–Trinajstić information content (AvgIpc) is 3.08. The van der Waals surface area contributed by atoms with Crippen molar-refractivity contribution in [1.29, 1.82) is 0 Å². The molecule has 0 spiro atoms. The molecule has 0 saturated heterocycles. The van der Waals surface area contributed by atoms with E-state index >= 15 is 0 Å². The number of halogens is 3. The lowest BCUT2D eigenvalue weighted by molar-refractivity contribution is -0.144. The molecule has 1 N–H and O–H groups in total. The summed E-state index contributed by atoms with van der Waals surface area (Å²) >= 11 is 0. The zero-order valence-electron chi connectivity index (χ0n) is 11.5. The Morgan fingerprint density at radius 2 is 1.85 bits per heavy atom. The van der Waals surface area contributed by atoms with Crippen molar-refractivity contribution in [2.24, 2.45) is 0 Å². The van der Waals surface area contributed by atoms with Crippen molar-refractivity contribution in [3.8, 4) is 0 Å². The van der Waals surface area contributed by atoms with Crippen LogP contribution in [0.5, 0.6) is 0 Å². The van der Waals surface area contributed by atoms with E-state index in [9.17, 15) is 22.8 Å². The predicted molar refractivity (Wildman–Crippen MR) is 65.3 cm³/mol. The first-order chi connectivity index (χ1) is 9.11. The summed E-state index contributed by atoms with van der Waals surface area (Å²) in [4.78, 5) is 24.8. The van der Waals surface area contributed by atoms with E-state index in [1.807, 2.05) is 0 Å². The molecule has 2 amide bonds. The normalized spacial score (nSPS) is 15.3. The molecule has 1 fully saturated rings. The number of amides is 2. The van der Waals surface area contributed by atoms with Gasteiger partial charge in [-0.1, -0.05) is 0 Å². The minimum absolute atomic E-state index is 0.0556. The van der Waals surface area contributed by atoms with E-state index in [4.69, 9.17) is 5.11 Å². The monoisotopic (exact) mass is 296 g/mol. The lowest BCUT2D eigenvalue weighted by atomic mass is 10.3. The van der Waals surface area contributed by atoms with E-state index in [2.05, 4.69) is 0 Å². The van der Waals surface area contributed by atoms with Crippen LogP contribution < -0.4 is 0 Å². The Kier molecular flexibility index (Phi) is 5.24. The third kappa shape index (κ3) is 5.26. The van der Waals surface area contributed by atoms with Crippen molar-refractivity contribution >= 4 is 12.0 Å². The summed E-state index contributed by atoms with van der Waals surface area (Å²) in [5.41, 5.74) is 0. The molecule has 1 aliphatic carbocycles. The van der Waals surface area contributed by atoms with E-state index in [1.165, 1.54) is 18.7 Å². The van der Waals surface area contributed by atoms with Crippen molar-refractivity contribution in [2.75, 3.05) is 13.1 Å². The highest BCUT2D eigenvalue weighted by atomic mass is 19.4. The Morgan fingerprint density at radius 3 is 2.20 bits per heavy atom. The van der Waals surface area contributed by atoms with Crippen molar-refractivity contribution in [3.63, 3.8) is 0 Å². The third-order valence-electron chi connectivity index (χ3n) is 3.02. The Labute approximate surface area is 115 Å². The molecule has 0 heterocycles. The molecule has 20 heavy (non-hydrogen) atoms. The summed E-state index contributed by atoms with van der Waals surface area (Å²) in [6.45, 7) is 1.64. The number of carboxylic acids is 1. The molecule has 0 unspecified atom stereocenters. The quantitative estimate of drug-likeness (QED) is 0.818. The first-order valence-corrected chi connectivity index (χ1v) is 6.47. The lowest BCUT2D eigenvalue weighted by Crippen LogP contribution is -2.51. The van der Waals surface area contributed by atoms with Gasteiger partial charge in [-0.15, -0.1) is 0 Å². The number of carbonyl (C=O) groups is 2. The highest BCUT2D eigenvalue weighted by molar-refractivity contribution is 5.76. The van der Waals surface area contributed by atoms with Gasteiger partial charge in [0.05, 0.1) is 6.42 Å². The lowest BCUT2D eigenvalue weighted by Gasteiger charge is -2.33. The summed E-state index contributed by atoms with van der Waals surface area (Å²) in [5, 5.41) is 8.65. The molecule has 8 heteroatoms. The number of carboxylic acid groups (broad SMARTS) is 1. The summed E-state index contributed by atoms with van der Waals surface area (Å²) in [7, 11) is 0. The maximum atomic E-state index is 12.5. The van der Waals surface area contributed by atoms with Gasteiger partial charge in [0, 0.05) is 18.6 Å². The van der Waals surface area contributed by atoms with Crippen LogP contribution in [-0.4, -0.2) is 58.3 Å². The topological polar surface area (TPSA) is 60.9 Å². The van der Waals surface area contributed by atoms with Gasteiger partial charge in [-0.05, 0) is 26.7 Å². The molecular formula is C12H19F3N2O3. The fourth-order valence-electron chi connectivity index (χ4n) is 1.87. The maximum absolute atomic E-state index is 12.5. The highest BCUT2D eigenvalue weighted by Gasteiger charge is 2.40. The molecule has 116 valence electrons. The number of rotatable bonds is 6. The van der Waals surface area contributed by atoms with Gasteiger partial charge in [0.2, 0.25) is 0 Å². The molecule has 1 rings (SSSR count). The molecule has 1 aliphatic rings. The molecule has 0 aromatic rings. The van der Waals surface area contributed by atoms with Crippen LogP contribution in [0.25, 0.3) is 0 Å². The van der Waals surface area contributed by atoms with Crippen LogP contribution in [-0.2, 0) is 4.79 Å². The van der Waals surface area contributed by atoms with Crippen molar-refractivity contribution < 1.29 is 27.9 Å². The van der Waals surface area contributed by atoms with E-state index in [1.54, 1.807) is 0 Å². The van der Waals surface area contributed by atoms with Crippen molar-refractivity contribution in [2.45, 2.75) is 51.4 Å². The third-order valence-corrected chi connectivity index (χ3v) is 3.02. The van der Waals surface area contributed by atoms with Crippen LogP contribution in [0.2, 0.25) is 0 Å². The molecule has 0 aliphatic heterocycles. The Morgan fingerprint density at radius 1 is 1.30 bits per heavy atom. The predicted octanol–water partition coefficient (Wildman–Crippen LogP) is 2.32. The minimum Gasteiger partial charge on any atom is -0.481 e. The fourth-order valence-corrected chi connectivity index (χ4v) is 1.87. The van der Waals surface area contributed by atoms with Crippen LogP contribution in [0.1, 0.15) is 33.1 Å². The number of carbonyl (C=O) groups excluding carboxylic acids is 1. The molecule has 0 radical (unpaired) electrons. The van der Waals surface area contributed by atoms with Gasteiger partial charge in [-0.2, -0.15) is 13.2 Å². The Hall–Kier alpha value is -1.47. The molecular weight excluding hydrogens is 277 g/mol. The van der Waals surface area contributed by atoms with Crippen LogP contribution >= 0.6 is 0 Å². The number of hydrogen-bond acceptors (Lipinski definition) is 2. The SMILES string of the molecule is CC(C)N(CC(F)(F)F)C(=O)N(CCC(=O)O)C1CC1. The molecule has 0 atom stereocenters. The Bertz CT molecular complexity index is 367. The van der Waals surface area contributed by atoms with Crippen LogP contribution in [0.3, 0.4) is 0 Å². The van der Waals surface area contributed by atoms with Gasteiger partial charge >= 0.3 is 18.2 Å². The minimum atomic E-state index is -4.47. The van der Waals surface area contributed by atoms with E-state index < -0.39 is 30.8 Å². The van der Waals surface area contributed by atoms with Gasteiger partial charge in [0.15, 0.2) is 0 Å². The second kappa shape index (κ2) is 6.32. The largest absolute Gasteiger partial charge is 0.481 e. The van der Waals surface area contributed by atoms with Crippen molar-refractivity contribution in [3.05, 3.63) is 0 Å². The molecule has 0 aromatic carbocycles. The molecule has 5 nitrogen and oxygen atoms in total. The van der Waals surface area contributed by atoms with Crippen LogP contribution in [0.4, 0.5) is 18.0 Å². The molecule has 0 bridgehead atoms. The highest BCUT2D eigenvalue weighted by Crippen LogP contribution is 2.29. The zero-order chi connectivity index (χ0) is 15.5. The zero-order valence-corrected chi connectivity index (χ0v) is 11.5. The van der Waals surface area contributed by atoms with E-state index in [-0.39, 0.29) is 19.0 Å². The van der Waals surface area contributed by atoms with Gasteiger partial charge in [0.1, 0.15) is 6.54 Å². The van der Waals surface area contributed by atoms with E-state index in [0.717, 1.165) is 4.90 Å². The number of aliphatic carboxylic acids is 1. The summed E-state index contributed by atoms with van der Waals surface area (Å²) in [5.74, 6) is -1.07.